The summed E-state index contributed by atoms with van der Waals surface area (Å²) in [6, 6.07) is 16.2. The van der Waals surface area contributed by atoms with Crippen molar-refractivity contribution >= 4 is 50.0 Å². The molecule has 2 aliphatic rings. The van der Waals surface area contributed by atoms with Crippen LogP contribution in [0.4, 0.5) is 22.7 Å². The number of allylic oxidation sites excluding steroid dienone is 2. The summed E-state index contributed by atoms with van der Waals surface area (Å²) >= 11 is 0.910. The van der Waals surface area contributed by atoms with Crippen molar-refractivity contribution in [3.63, 3.8) is 0 Å². The summed E-state index contributed by atoms with van der Waals surface area (Å²) in [5.41, 5.74) is 3.20. The first-order valence-corrected chi connectivity index (χ1v) is 16.0. The summed E-state index contributed by atoms with van der Waals surface area (Å²) in [5, 5.41) is 14.2. The van der Waals surface area contributed by atoms with Crippen LogP contribution in [-0.4, -0.2) is 40.7 Å². The Labute approximate surface area is 275 Å². The van der Waals surface area contributed by atoms with Gasteiger partial charge in [-0.05, 0) is 72.6 Å². The summed E-state index contributed by atoms with van der Waals surface area (Å²) in [6.07, 6.45) is -2.36. The maximum absolute atomic E-state index is 14.3. The number of halogens is 4. The summed E-state index contributed by atoms with van der Waals surface area (Å²) < 4.78 is 63.9. The van der Waals surface area contributed by atoms with Crippen LogP contribution in [0.1, 0.15) is 70.6 Å². The van der Waals surface area contributed by atoms with E-state index in [2.05, 4.69) is 31.2 Å². The standard InChI is InChI=1S/C34H29F4N3O6S/c35-33(36)25-17-26-28(18-27(25)46-34(37,38)47-33)48-32(40-26)41-31(45)24(22-12-10-21(11-13-22)20-4-2-1-3-5-20)16-19-6-8-23(9-7-19)30(44)39-15-14-29(42)43/h4,6-13,17-18,24H,1-3,5,14-16H2,(H,39,44)(H,42,43)(H,40,41,45). The molecule has 250 valence electrons. The van der Waals surface area contributed by atoms with Gasteiger partial charge in [0.25, 0.3) is 5.91 Å². The van der Waals surface area contributed by atoms with E-state index in [9.17, 15) is 31.9 Å². The largest absolute Gasteiger partial charge is 0.540 e. The Kier molecular flexibility index (Phi) is 9.21. The molecule has 2 amide bonds. The van der Waals surface area contributed by atoms with E-state index in [1.165, 1.54) is 5.57 Å². The molecule has 9 nitrogen and oxygen atoms in total. The van der Waals surface area contributed by atoms with E-state index >= 15 is 0 Å². The number of thiazole rings is 1. The molecule has 0 bridgehead atoms. The van der Waals surface area contributed by atoms with Gasteiger partial charge in [-0.2, -0.15) is 8.78 Å². The third kappa shape index (κ3) is 7.50. The lowest BCUT2D eigenvalue weighted by Gasteiger charge is -2.30. The summed E-state index contributed by atoms with van der Waals surface area (Å²) in [4.78, 5) is 41.2. The van der Waals surface area contributed by atoms with Gasteiger partial charge in [-0.3, -0.25) is 14.4 Å². The van der Waals surface area contributed by atoms with Crippen molar-refractivity contribution in [2.24, 2.45) is 0 Å². The Balaban J connectivity index is 1.25. The quantitative estimate of drug-likeness (QED) is 0.148. The number of hydrogen-bond acceptors (Lipinski definition) is 7. The van der Waals surface area contributed by atoms with E-state index in [1.54, 1.807) is 24.3 Å². The molecule has 3 N–H and O–H groups in total. The highest BCUT2D eigenvalue weighted by atomic mass is 32.1. The third-order valence-corrected chi connectivity index (χ3v) is 9.01. The predicted octanol–water partition coefficient (Wildman–Crippen LogP) is 7.43. The number of ether oxygens (including phenoxy) is 2. The molecule has 6 rings (SSSR count). The number of amides is 2. The van der Waals surface area contributed by atoms with Crippen LogP contribution in [0.5, 0.6) is 5.75 Å². The number of nitrogens with zero attached hydrogens (tertiary/aromatic N) is 1. The highest BCUT2D eigenvalue weighted by Crippen LogP contribution is 2.48. The molecule has 0 spiro atoms. The SMILES string of the molecule is O=C(O)CCNC(=O)c1ccc(CC(C(=O)Nc2nc3cc4c(cc3s2)OC(F)(F)OC4(F)F)c2ccc(C3=CCCCC3)cc2)cc1. The lowest BCUT2D eigenvalue weighted by molar-refractivity contribution is -0.461. The van der Waals surface area contributed by atoms with E-state index in [4.69, 9.17) is 5.11 Å². The number of anilines is 1. The minimum absolute atomic E-state index is 0.0187. The number of rotatable bonds is 10. The first kappa shape index (κ1) is 33.1. The number of hydrogen-bond donors (Lipinski definition) is 3. The second-order valence-corrected chi connectivity index (χ2v) is 12.5. The van der Waals surface area contributed by atoms with Crippen LogP contribution in [0.15, 0.2) is 66.7 Å². The number of benzene rings is 3. The Hall–Kier alpha value is -4.82. The number of fused-ring (bicyclic) bond motifs is 2. The van der Waals surface area contributed by atoms with Crippen molar-refractivity contribution in [2.45, 2.75) is 56.8 Å². The smallest absolute Gasteiger partial charge is 0.481 e. The highest BCUT2D eigenvalue weighted by Gasteiger charge is 2.54. The molecule has 14 heteroatoms. The summed E-state index contributed by atoms with van der Waals surface area (Å²) in [7, 11) is 0. The number of aliphatic carboxylic acids is 1. The normalized spacial score (nSPS) is 17.0. The van der Waals surface area contributed by atoms with Crippen LogP contribution in [-0.2, 0) is 26.9 Å². The molecule has 1 aromatic heterocycles. The van der Waals surface area contributed by atoms with E-state index in [0.29, 0.717) is 11.1 Å². The fraction of sp³-hybridized carbons (Fsp3) is 0.294. The highest BCUT2D eigenvalue weighted by molar-refractivity contribution is 7.22. The molecule has 0 saturated carbocycles. The van der Waals surface area contributed by atoms with E-state index in [1.807, 2.05) is 24.3 Å². The molecule has 0 radical (unpaired) electrons. The zero-order valence-corrected chi connectivity index (χ0v) is 26.1. The predicted molar refractivity (Wildman–Crippen MR) is 169 cm³/mol. The van der Waals surface area contributed by atoms with Crippen molar-refractivity contribution in [3.05, 3.63) is 94.6 Å². The van der Waals surface area contributed by atoms with Crippen LogP contribution in [0.2, 0.25) is 0 Å². The minimum atomic E-state index is -4.52. The van der Waals surface area contributed by atoms with Gasteiger partial charge in [0.2, 0.25) is 5.91 Å². The van der Waals surface area contributed by atoms with Crippen molar-refractivity contribution < 1.29 is 46.5 Å². The molecule has 48 heavy (non-hydrogen) atoms. The Bertz CT molecular complexity index is 1890. The van der Waals surface area contributed by atoms with Gasteiger partial charge in [-0.1, -0.05) is 53.8 Å². The van der Waals surface area contributed by atoms with Crippen LogP contribution < -0.4 is 15.4 Å². The van der Waals surface area contributed by atoms with Crippen molar-refractivity contribution in [1.82, 2.24) is 10.3 Å². The van der Waals surface area contributed by atoms with Crippen LogP contribution in [0.25, 0.3) is 15.8 Å². The number of carbonyl (C=O) groups is 3. The Morgan fingerprint density at radius 3 is 2.44 bits per heavy atom. The van der Waals surface area contributed by atoms with E-state index in [-0.39, 0.29) is 34.7 Å². The number of carboxylic acids is 1. The van der Waals surface area contributed by atoms with Gasteiger partial charge in [0.15, 0.2) is 5.13 Å². The summed E-state index contributed by atoms with van der Waals surface area (Å²) in [6.45, 7) is -0.0187. The maximum Gasteiger partial charge on any atom is 0.540 e. The molecular weight excluding hydrogens is 654 g/mol. The molecule has 4 aromatic rings. The lowest BCUT2D eigenvalue weighted by atomic mass is 9.88. The van der Waals surface area contributed by atoms with Gasteiger partial charge in [0, 0.05) is 18.2 Å². The molecule has 2 heterocycles. The zero-order chi connectivity index (χ0) is 34.1. The molecule has 1 unspecified atom stereocenters. The average molecular weight is 684 g/mol. The lowest BCUT2D eigenvalue weighted by Crippen LogP contribution is -2.41. The Morgan fingerprint density at radius 1 is 1.00 bits per heavy atom. The Morgan fingerprint density at radius 2 is 1.75 bits per heavy atom. The van der Waals surface area contributed by atoms with Crippen LogP contribution >= 0.6 is 11.3 Å². The number of carboxylic acid groups (broad SMARTS) is 1. The van der Waals surface area contributed by atoms with Gasteiger partial charge in [0.05, 0.1) is 28.1 Å². The van der Waals surface area contributed by atoms with Gasteiger partial charge in [-0.25, -0.2) is 9.72 Å². The van der Waals surface area contributed by atoms with Gasteiger partial charge in [-0.15, -0.1) is 8.78 Å². The molecule has 0 fully saturated rings. The fourth-order valence-corrected chi connectivity index (χ4v) is 6.55. The van der Waals surface area contributed by atoms with Gasteiger partial charge >= 0.3 is 18.4 Å². The first-order chi connectivity index (χ1) is 22.9. The van der Waals surface area contributed by atoms with Crippen LogP contribution in [0.3, 0.4) is 0 Å². The fourth-order valence-electron chi connectivity index (χ4n) is 5.67. The number of alkyl halides is 4. The molecule has 1 aliphatic carbocycles. The zero-order valence-electron chi connectivity index (χ0n) is 25.2. The van der Waals surface area contributed by atoms with Crippen LogP contribution in [0, 0.1) is 0 Å². The van der Waals surface area contributed by atoms with Gasteiger partial charge in [0.1, 0.15) is 5.75 Å². The molecule has 1 atom stereocenters. The van der Waals surface area contributed by atoms with Crippen molar-refractivity contribution in [1.29, 1.82) is 0 Å². The monoisotopic (exact) mass is 683 g/mol. The number of carbonyl (C=O) groups excluding carboxylic acids is 2. The second kappa shape index (κ2) is 13.4. The number of nitrogens with one attached hydrogen (secondary N) is 2. The third-order valence-electron chi connectivity index (χ3n) is 8.08. The first-order valence-electron chi connectivity index (χ1n) is 15.2. The van der Waals surface area contributed by atoms with Crippen molar-refractivity contribution in [3.8, 4) is 5.75 Å². The van der Waals surface area contributed by atoms with E-state index < -0.39 is 47.4 Å². The number of aromatic nitrogens is 1. The second-order valence-electron chi connectivity index (χ2n) is 11.5. The van der Waals surface area contributed by atoms with E-state index in [0.717, 1.165) is 60.3 Å². The maximum atomic E-state index is 14.3. The van der Waals surface area contributed by atoms with Crippen molar-refractivity contribution in [2.75, 3.05) is 11.9 Å². The molecule has 3 aromatic carbocycles. The summed E-state index contributed by atoms with van der Waals surface area (Å²) in [5.74, 6) is -3.40. The topological polar surface area (TPSA) is 127 Å². The molecule has 1 aliphatic heterocycles. The average Bonchev–Trinajstić information content (AvgIpc) is 3.43. The van der Waals surface area contributed by atoms with Gasteiger partial charge < -0.3 is 20.5 Å². The minimum Gasteiger partial charge on any atom is -0.481 e. The molecule has 0 saturated heterocycles. The molecular formula is C34H29F4N3O6S.